The van der Waals surface area contributed by atoms with E-state index in [2.05, 4.69) is 31.3 Å². The summed E-state index contributed by atoms with van der Waals surface area (Å²) in [4.78, 5) is 16.0. The topological polar surface area (TPSA) is 69.0 Å². The largest absolute Gasteiger partial charge is 0.470 e. The lowest BCUT2D eigenvalue weighted by Gasteiger charge is -2.08. The molecule has 8 heteroatoms. The molecule has 2 aromatic heterocycles. The SMILES string of the molecule is O=C(Nc1ccncc1)c1ccn(COc2ccc(Br)cc2Cl)n1. The van der Waals surface area contributed by atoms with Crippen LogP contribution >= 0.6 is 27.5 Å². The number of amides is 1. The van der Waals surface area contributed by atoms with Crippen LogP contribution in [0.4, 0.5) is 5.69 Å². The number of aromatic nitrogens is 3. The maximum atomic E-state index is 12.1. The van der Waals surface area contributed by atoms with Crippen molar-refractivity contribution in [1.29, 1.82) is 0 Å². The molecule has 0 saturated heterocycles. The Hall–Kier alpha value is -2.38. The van der Waals surface area contributed by atoms with Gasteiger partial charge in [-0.3, -0.25) is 9.78 Å². The van der Waals surface area contributed by atoms with E-state index >= 15 is 0 Å². The van der Waals surface area contributed by atoms with Gasteiger partial charge < -0.3 is 10.1 Å². The van der Waals surface area contributed by atoms with E-state index in [0.717, 1.165) is 4.47 Å². The highest BCUT2D eigenvalue weighted by molar-refractivity contribution is 9.10. The Bertz CT molecular complexity index is 854. The Morgan fingerprint density at radius 1 is 1.25 bits per heavy atom. The van der Waals surface area contributed by atoms with Crippen LogP contribution in [0.1, 0.15) is 10.5 Å². The Balaban J connectivity index is 1.62. The normalized spacial score (nSPS) is 10.4. The van der Waals surface area contributed by atoms with Crippen molar-refractivity contribution in [1.82, 2.24) is 14.8 Å². The van der Waals surface area contributed by atoms with Gasteiger partial charge >= 0.3 is 0 Å². The molecule has 122 valence electrons. The number of pyridine rings is 1. The number of anilines is 1. The van der Waals surface area contributed by atoms with Crippen molar-refractivity contribution in [3.8, 4) is 5.75 Å². The Labute approximate surface area is 151 Å². The Kier molecular flexibility index (Phi) is 5.12. The van der Waals surface area contributed by atoms with Gasteiger partial charge in [0.05, 0.1) is 5.02 Å². The third kappa shape index (κ3) is 4.12. The van der Waals surface area contributed by atoms with Crippen molar-refractivity contribution in [3.63, 3.8) is 0 Å². The number of halogens is 2. The molecule has 0 unspecified atom stereocenters. The molecule has 0 atom stereocenters. The van der Waals surface area contributed by atoms with Crippen LogP contribution in [-0.2, 0) is 6.73 Å². The van der Waals surface area contributed by atoms with E-state index in [0.29, 0.717) is 16.5 Å². The van der Waals surface area contributed by atoms with Gasteiger partial charge in [0.2, 0.25) is 0 Å². The van der Waals surface area contributed by atoms with Crippen LogP contribution in [-0.4, -0.2) is 20.7 Å². The molecule has 0 aliphatic heterocycles. The van der Waals surface area contributed by atoms with Gasteiger partial charge in [-0.05, 0) is 36.4 Å². The zero-order valence-corrected chi connectivity index (χ0v) is 14.7. The molecule has 1 amide bonds. The van der Waals surface area contributed by atoms with Gasteiger partial charge in [0.15, 0.2) is 12.4 Å². The van der Waals surface area contributed by atoms with Crippen LogP contribution in [0.3, 0.4) is 0 Å². The van der Waals surface area contributed by atoms with Crippen molar-refractivity contribution in [3.05, 3.63) is 70.2 Å². The minimum absolute atomic E-state index is 0.143. The standard InChI is InChI=1S/C16H12BrClN4O2/c17-11-1-2-15(13(18)9-11)24-10-22-8-5-14(21-22)16(23)20-12-3-6-19-7-4-12/h1-9H,10H2,(H,19,20,23). The van der Waals surface area contributed by atoms with Gasteiger partial charge in [-0.25, -0.2) is 4.68 Å². The van der Waals surface area contributed by atoms with Crippen LogP contribution in [0.15, 0.2) is 59.5 Å². The van der Waals surface area contributed by atoms with E-state index in [1.165, 1.54) is 4.68 Å². The molecule has 3 rings (SSSR count). The van der Waals surface area contributed by atoms with E-state index in [9.17, 15) is 4.79 Å². The van der Waals surface area contributed by atoms with Crippen molar-refractivity contribution >= 4 is 39.1 Å². The lowest BCUT2D eigenvalue weighted by atomic mass is 10.3. The number of nitrogens with zero attached hydrogens (tertiary/aromatic N) is 3. The first-order chi connectivity index (χ1) is 11.6. The monoisotopic (exact) mass is 406 g/mol. The molecular formula is C16H12BrClN4O2. The average molecular weight is 408 g/mol. The van der Waals surface area contributed by atoms with Gasteiger partial charge in [-0.15, -0.1) is 0 Å². The smallest absolute Gasteiger partial charge is 0.276 e. The number of carbonyl (C=O) groups is 1. The zero-order valence-electron chi connectivity index (χ0n) is 12.3. The second kappa shape index (κ2) is 7.46. The fourth-order valence-corrected chi connectivity index (χ4v) is 2.64. The molecule has 0 aliphatic rings. The van der Waals surface area contributed by atoms with Gasteiger partial charge in [0, 0.05) is 28.8 Å². The molecule has 0 radical (unpaired) electrons. The van der Waals surface area contributed by atoms with Crippen molar-refractivity contribution < 1.29 is 9.53 Å². The number of ether oxygens (including phenoxy) is 1. The molecular weight excluding hydrogens is 396 g/mol. The first-order valence-electron chi connectivity index (χ1n) is 6.94. The van der Waals surface area contributed by atoms with E-state index in [1.54, 1.807) is 48.9 Å². The third-order valence-corrected chi connectivity index (χ3v) is 3.85. The fraction of sp³-hybridized carbons (Fsp3) is 0.0625. The number of rotatable bonds is 5. The fourth-order valence-electron chi connectivity index (χ4n) is 1.91. The van der Waals surface area contributed by atoms with Gasteiger partial charge in [-0.2, -0.15) is 5.10 Å². The maximum absolute atomic E-state index is 12.1. The molecule has 1 aromatic carbocycles. The quantitative estimate of drug-likeness (QED) is 0.694. The van der Waals surface area contributed by atoms with Crippen LogP contribution in [0.5, 0.6) is 5.75 Å². The summed E-state index contributed by atoms with van der Waals surface area (Å²) in [5, 5.41) is 7.41. The molecule has 6 nitrogen and oxygen atoms in total. The molecule has 0 fully saturated rings. The third-order valence-electron chi connectivity index (χ3n) is 3.06. The molecule has 2 heterocycles. The van der Waals surface area contributed by atoms with Crippen LogP contribution < -0.4 is 10.1 Å². The highest BCUT2D eigenvalue weighted by Gasteiger charge is 2.10. The summed E-state index contributed by atoms with van der Waals surface area (Å²) in [5.74, 6) is 0.236. The summed E-state index contributed by atoms with van der Waals surface area (Å²) >= 11 is 9.42. The van der Waals surface area contributed by atoms with Crippen molar-refractivity contribution in [2.45, 2.75) is 6.73 Å². The molecule has 0 aliphatic carbocycles. The highest BCUT2D eigenvalue weighted by atomic mass is 79.9. The van der Waals surface area contributed by atoms with Crippen molar-refractivity contribution in [2.24, 2.45) is 0 Å². The van der Waals surface area contributed by atoms with Crippen LogP contribution in [0.2, 0.25) is 5.02 Å². The maximum Gasteiger partial charge on any atom is 0.276 e. The predicted octanol–water partition coefficient (Wildman–Crippen LogP) is 3.98. The lowest BCUT2D eigenvalue weighted by molar-refractivity contribution is 0.102. The minimum Gasteiger partial charge on any atom is -0.470 e. The van der Waals surface area contributed by atoms with Crippen LogP contribution in [0.25, 0.3) is 0 Å². The number of nitrogens with one attached hydrogen (secondary N) is 1. The van der Waals surface area contributed by atoms with E-state index in [1.807, 2.05) is 6.07 Å². The number of hydrogen-bond acceptors (Lipinski definition) is 4. The Morgan fingerprint density at radius 3 is 2.79 bits per heavy atom. The van der Waals surface area contributed by atoms with Gasteiger partial charge in [0.25, 0.3) is 5.91 Å². The summed E-state index contributed by atoms with van der Waals surface area (Å²) in [7, 11) is 0. The van der Waals surface area contributed by atoms with Crippen molar-refractivity contribution in [2.75, 3.05) is 5.32 Å². The Morgan fingerprint density at radius 2 is 2.04 bits per heavy atom. The molecule has 0 bridgehead atoms. The van der Waals surface area contributed by atoms with Gasteiger partial charge in [-0.1, -0.05) is 27.5 Å². The summed E-state index contributed by atoms with van der Waals surface area (Å²) in [6, 6.07) is 10.3. The lowest BCUT2D eigenvalue weighted by Crippen LogP contribution is -2.14. The van der Waals surface area contributed by atoms with Gasteiger partial charge in [0.1, 0.15) is 5.75 Å². The second-order valence-corrected chi connectivity index (χ2v) is 6.10. The number of hydrogen-bond donors (Lipinski definition) is 1. The summed E-state index contributed by atoms with van der Waals surface area (Å²) in [5.41, 5.74) is 0.944. The molecule has 0 saturated carbocycles. The number of carbonyl (C=O) groups excluding carboxylic acids is 1. The summed E-state index contributed by atoms with van der Waals surface area (Å²) < 4.78 is 7.98. The zero-order chi connectivity index (χ0) is 16.9. The highest BCUT2D eigenvalue weighted by Crippen LogP contribution is 2.27. The van der Waals surface area contributed by atoms with E-state index in [4.69, 9.17) is 16.3 Å². The average Bonchev–Trinajstić information content (AvgIpc) is 3.04. The first kappa shape index (κ1) is 16.5. The molecule has 0 spiro atoms. The molecule has 24 heavy (non-hydrogen) atoms. The summed E-state index contributed by atoms with van der Waals surface area (Å²) in [6.45, 7) is 0.143. The van der Waals surface area contributed by atoms with E-state index < -0.39 is 0 Å². The summed E-state index contributed by atoms with van der Waals surface area (Å²) in [6.07, 6.45) is 4.86. The molecule has 1 N–H and O–H groups in total. The molecule has 3 aromatic rings. The predicted molar refractivity (Wildman–Crippen MR) is 94.2 cm³/mol. The second-order valence-electron chi connectivity index (χ2n) is 4.78. The minimum atomic E-state index is -0.304. The van der Waals surface area contributed by atoms with E-state index in [-0.39, 0.29) is 18.3 Å². The first-order valence-corrected chi connectivity index (χ1v) is 8.11. The van der Waals surface area contributed by atoms with Crippen LogP contribution in [0, 0.1) is 0 Å². The number of benzene rings is 1.